The van der Waals surface area contributed by atoms with Crippen molar-refractivity contribution < 1.29 is 14.7 Å². The van der Waals surface area contributed by atoms with Crippen molar-refractivity contribution in [2.75, 3.05) is 0 Å². The number of carbonyl (C=O) groups is 2. The highest BCUT2D eigenvalue weighted by atomic mass is 16.3. The molecule has 0 aliphatic carbocycles. The van der Waals surface area contributed by atoms with Crippen molar-refractivity contribution in [3.8, 4) is 0 Å². The first kappa shape index (κ1) is 20.6. The predicted octanol–water partition coefficient (Wildman–Crippen LogP) is 5.23. The van der Waals surface area contributed by atoms with Crippen molar-refractivity contribution in [1.29, 1.82) is 0 Å². The number of likely N-dealkylation sites (tertiary alicyclic amines) is 1. The number of benzene rings is 3. The normalized spacial score (nSPS) is 17.9. The Hall–Kier alpha value is -3.66. The van der Waals surface area contributed by atoms with Crippen molar-refractivity contribution in [3.63, 3.8) is 0 Å². The lowest BCUT2D eigenvalue weighted by atomic mass is 9.93. The third-order valence-corrected chi connectivity index (χ3v) is 5.78. The molecule has 0 bridgehead atoms. The van der Waals surface area contributed by atoms with Crippen LogP contribution in [0, 0.1) is 20.8 Å². The van der Waals surface area contributed by atoms with E-state index in [1.807, 2.05) is 93.6 Å². The molecule has 31 heavy (non-hydrogen) atoms. The van der Waals surface area contributed by atoms with Gasteiger partial charge in [0.2, 0.25) is 0 Å². The van der Waals surface area contributed by atoms with Gasteiger partial charge in [0.05, 0.1) is 11.6 Å². The second kappa shape index (κ2) is 8.23. The molecule has 1 amide bonds. The van der Waals surface area contributed by atoms with Crippen LogP contribution in [0.4, 0.5) is 0 Å². The highest BCUT2D eigenvalue weighted by molar-refractivity contribution is 6.46. The fraction of sp³-hybridized carbons (Fsp3) is 0.185. The minimum Gasteiger partial charge on any atom is -0.507 e. The summed E-state index contributed by atoms with van der Waals surface area (Å²) >= 11 is 0. The first-order valence-electron chi connectivity index (χ1n) is 10.3. The molecule has 1 heterocycles. The monoisotopic (exact) mass is 411 g/mol. The Morgan fingerprint density at radius 2 is 1.52 bits per heavy atom. The Labute approximate surface area is 182 Å². The molecule has 1 fully saturated rings. The zero-order chi connectivity index (χ0) is 22.1. The van der Waals surface area contributed by atoms with Crippen LogP contribution < -0.4 is 0 Å². The van der Waals surface area contributed by atoms with Gasteiger partial charge in [-0.1, -0.05) is 77.9 Å². The van der Waals surface area contributed by atoms with Crippen LogP contribution in [-0.4, -0.2) is 21.7 Å². The lowest BCUT2D eigenvalue weighted by Gasteiger charge is -2.25. The molecule has 1 unspecified atom stereocenters. The molecule has 1 aliphatic rings. The lowest BCUT2D eigenvalue weighted by Crippen LogP contribution is -2.29. The van der Waals surface area contributed by atoms with E-state index >= 15 is 0 Å². The highest BCUT2D eigenvalue weighted by Crippen LogP contribution is 2.40. The predicted molar refractivity (Wildman–Crippen MR) is 121 cm³/mol. The van der Waals surface area contributed by atoms with Crippen molar-refractivity contribution >= 4 is 17.4 Å². The zero-order valence-corrected chi connectivity index (χ0v) is 17.9. The smallest absolute Gasteiger partial charge is 0.295 e. The number of Topliss-reactive ketones (excluding diaryl/α,β-unsaturated/α-hetero) is 1. The molecule has 1 N–H and O–H groups in total. The molecule has 4 rings (SSSR count). The highest BCUT2D eigenvalue weighted by Gasteiger charge is 2.46. The van der Waals surface area contributed by atoms with Crippen molar-refractivity contribution in [1.82, 2.24) is 4.90 Å². The fourth-order valence-corrected chi connectivity index (χ4v) is 4.05. The lowest BCUT2D eigenvalue weighted by molar-refractivity contribution is -0.140. The van der Waals surface area contributed by atoms with Crippen LogP contribution in [0.15, 0.2) is 78.4 Å². The maximum Gasteiger partial charge on any atom is 0.295 e. The van der Waals surface area contributed by atoms with Gasteiger partial charge < -0.3 is 10.0 Å². The molecule has 0 radical (unpaired) electrons. The number of rotatable bonds is 4. The molecule has 0 aromatic heterocycles. The number of aliphatic hydroxyl groups is 1. The van der Waals surface area contributed by atoms with Crippen LogP contribution in [-0.2, 0) is 16.1 Å². The number of ketones is 1. The van der Waals surface area contributed by atoms with Gasteiger partial charge in [0.1, 0.15) is 5.76 Å². The van der Waals surface area contributed by atoms with E-state index < -0.39 is 17.7 Å². The topological polar surface area (TPSA) is 57.6 Å². The molecule has 3 aromatic carbocycles. The van der Waals surface area contributed by atoms with Gasteiger partial charge in [-0.2, -0.15) is 0 Å². The summed E-state index contributed by atoms with van der Waals surface area (Å²) in [6, 6.07) is 22.4. The minimum atomic E-state index is -0.653. The molecular formula is C27H25NO3. The van der Waals surface area contributed by atoms with E-state index in [1.165, 1.54) is 0 Å². The number of nitrogens with zero attached hydrogens (tertiary/aromatic N) is 1. The van der Waals surface area contributed by atoms with Crippen molar-refractivity contribution in [3.05, 3.63) is 112 Å². The summed E-state index contributed by atoms with van der Waals surface area (Å²) in [5.74, 6) is -1.37. The third-order valence-electron chi connectivity index (χ3n) is 5.78. The van der Waals surface area contributed by atoms with E-state index in [4.69, 9.17) is 0 Å². The van der Waals surface area contributed by atoms with E-state index in [0.717, 1.165) is 27.8 Å². The van der Waals surface area contributed by atoms with Gasteiger partial charge in [-0.05, 0) is 43.5 Å². The molecule has 1 atom stereocenters. The molecule has 1 aliphatic heterocycles. The summed E-state index contributed by atoms with van der Waals surface area (Å²) in [7, 11) is 0. The Morgan fingerprint density at radius 3 is 2.19 bits per heavy atom. The fourth-order valence-electron chi connectivity index (χ4n) is 4.05. The van der Waals surface area contributed by atoms with Crippen LogP contribution in [0.5, 0.6) is 0 Å². The zero-order valence-electron chi connectivity index (χ0n) is 17.9. The van der Waals surface area contributed by atoms with Crippen molar-refractivity contribution in [2.45, 2.75) is 33.4 Å². The largest absolute Gasteiger partial charge is 0.507 e. The summed E-state index contributed by atoms with van der Waals surface area (Å²) in [6.07, 6.45) is 0. The maximum absolute atomic E-state index is 13.2. The Bertz CT molecular complexity index is 1180. The molecular weight excluding hydrogens is 386 g/mol. The number of carbonyl (C=O) groups excluding carboxylic acids is 2. The first-order chi connectivity index (χ1) is 14.9. The molecule has 0 spiro atoms. The maximum atomic E-state index is 13.2. The van der Waals surface area contributed by atoms with Crippen LogP contribution in [0.3, 0.4) is 0 Å². The summed E-state index contributed by atoms with van der Waals surface area (Å²) < 4.78 is 0. The number of aryl methyl sites for hydroxylation is 3. The summed E-state index contributed by atoms with van der Waals surface area (Å²) in [5.41, 5.74) is 5.34. The molecule has 4 nitrogen and oxygen atoms in total. The van der Waals surface area contributed by atoms with Crippen LogP contribution in [0.1, 0.15) is 39.4 Å². The second-order valence-electron chi connectivity index (χ2n) is 8.14. The van der Waals surface area contributed by atoms with Gasteiger partial charge in [0.25, 0.3) is 11.7 Å². The van der Waals surface area contributed by atoms with E-state index in [0.29, 0.717) is 5.56 Å². The SMILES string of the molecule is Cc1ccc(C2C(=C(O)c3cc(C)ccc3C)C(=O)C(=O)N2Cc2ccccc2)cc1. The van der Waals surface area contributed by atoms with E-state index in [2.05, 4.69) is 0 Å². The first-order valence-corrected chi connectivity index (χ1v) is 10.3. The molecule has 4 heteroatoms. The Kier molecular flexibility index (Phi) is 5.47. The molecule has 1 saturated heterocycles. The average molecular weight is 412 g/mol. The third kappa shape index (κ3) is 3.89. The van der Waals surface area contributed by atoms with Crippen LogP contribution >= 0.6 is 0 Å². The van der Waals surface area contributed by atoms with E-state index in [9.17, 15) is 14.7 Å². The number of hydrogen-bond acceptors (Lipinski definition) is 3. The summed E-state index contributed by atoms with van der Waals surface area (Å²) in [6.45, 7) is 6.09. The van der Waals surface area contributed by atoms with Gasteiger partial charge in [0, 0.05) is 12.1 Å². The van der Waals surface area contributed by atoms with Gasteiger partial charge in [-0.3, -0.25) is 9.59 Å². The summed E-state index contributed by atoms with van der Waals surface area (Å²) in [4.78, 5) is 27.8. The second-order valence-corrected chi connectivity index (χ2v) is 8.14. The van der Waals surface area contributed by atoms with Gasteiger partial charge >= 0.3 is 0 Å². The van der Waals surface area contributed by atoms with E-state index in [-0.39, 0.29) is 17.9 Å². The van der Waals surface area contributed by atoms with Gasteiger partial charge in [-0.25, -0.2) is 0 Å². The Morgan fingerprint density at radius 1 is 0.871 bits per heavy atom. The minimum absolute atomic E-state index is 0.124. The van der Waals surface area contributed by atoms with E-state index in [1.54, 1.807) is 4.90 Å². The van der Waals surface area contributed by atoms with Crippen molar-refractivity contribution in [2.24, 2.45) is 0 Å². The van der Waals surface area contributed by atoms with Gasteiger partial charge in [0.15, 0.2) is 0 Å². The number of aliphatic hydroxyl groups excluding tert-OH is 1. The van der Waals surface area contributed by atoms with Crippen LogP contribution in [0.25, 0.3) is 5.76 Å². The quantitative estimate of drug-likeness (QED) is 0.363. The average Bonchev–Trinajstić information content (AvgIpc) is 3.01. The van der Waals surface area contributed by atoms with Gasteiger partial charge in [-0.15, -0.1) is 0 Å². The number of hydrogen-bond donors (Lipinski definition) is 1. The molecule has 0 saturated carbocycles. The Balaban J connectivity index is 1.90. The summed E-state index contributed by atoms with van der Waals surface area (Å²) in [5, 5.41) is 11.3. The molecule has 156 valence electrons. The molecule has 3 aromatic rings. The number of amides is 1. The van der Waals surface area contributed by atoms with Crippen LogP contribution in [0.2, 0.25) is 0 Å². The standard InChI is InChI=1S/C27H25NO3/c1-17-10-13-21(14-11-17)24-23(25(29)22-15-18(2)9-12-19(22)3)26(30)27(31)28(24)16-20-7-5-4-6-8-20/h4-15,24,29H,16H2,1-3H3.